The van der Waals surface area contributed by atoms with E-state index >= 15 is 0 Å². The molecule has 1 aliphatic rings. The van der Waals surface area contributed by atoms with Gasteiger partial charge in [0.05, 0.1) is 12.9 Å². The molecule has 35 heavy (non-hydrogen) atoms. The van der Waals surface area contributed by atoms with Gasteiger partial charge in [0.25, 0.3) is 11.8 Å². The zero-order valence-electron chi connectivity index (χ0n) is 20.4. The van der Waals surface area contributed by atoms with Crippen molar-refractivity contribution in [3.8, 4) is 0 Å². The second kappa shape index (κ2) is 10.1. The maximum atomic E-state index is 13.6. The second-order valence-electron chi connectivity index (χ2n) is 9.14. The van der Waals surface area contributed by atoms with Gasteiger partial charge in [0.1, 0.15) is 11.2 Å². The summed E-state index contributed by atoms with van der Waals surface area (Å²) in [4.78, 5) is 45.8. The molecule has 0 radical (unpaired) electrons. The molecule has 8 heteroatoms. The lowest BCUT2D eigenvalue weighted by molar-refractivity contribution is -0.133. The van der Waals surface area contributed by atoms with Crippen LogP contribution in [0, 0.1) is 6.92 Å². The van der Waals surface area contributed by atoms with Gasteiger partial charge in [-0.25, -0.2) is 4.98 Å². The predicted molar refractivity (Wildman–Crippen MR) is 133 cm³/mol. The Bertz CT molecular complexity index is 1240. The van der Waals surface area contributed by atoms with Crippen LogP contribution in [-0.4, -0.2) is 44.3 Å². The molecule has 4 rings (SSSR count). The number of nitrogens with one attached hydrogen (secondary N) is 2. The molecule has 0 spiro atoms. The third-order valence-corrected chi connectivity index (χ3v) is 6.34. The average molecular weight is 474 g/mol. The smallest absolute Gasteiger partial charge is 0.273 e. The van der Waals surface area contributed by atoms with Crippen molar-refractivity contribution in [2.75, 3.05) is 6.54 Å². The summed E-state index contributed by atoms with van der Waals surface area (Å²) >= 11 is 0. The molecule has 0 saturated heterocycles. The lowest BCUT2D eigenvalue weighted by atomic mass is 9.94. The fourth-order valence-electron chi connectivity index (χ4n) is 4.48. The maximum Gasteiger partial charge on any atom is 0.273 e. The zero-order chi connectivity index (χ0) is 25.0. The van der Waals surface area contributed by atoms with E-state index in [1.165, 1.54) is 6.33 Å². The SMILES string of the molecule is CCCN1C(=O)c2c(C(=O)NCc3cccc(C)c3)ncn2C[C@@]1(C)C(=O)NCc1ccccc1. The van der Waals surface area contributed by atoms with E-state index in [2.05, 4.69) is 15.6 Å². The highest BCUT2D eigenvalue weighted by Crippen LogP contribution is 2.29. The Hall–Kier alpha value is -3.94. The first kappa shape index (κ1) is 24.2. The Morgan fingerprint density at radius 1 is 1.03 bits per heavy atom. The molecule has 2 aromatic carbocycles. The minimum Gasteiger partial charge on any atom is -0.350 e. The van der Waals surface area contributed by atoms with Crippen LogP contribution in [-0.2, 0) is 24.4 Å². The van der Waals surface area contributed by atoms with E-state index < -0.39 is 11.4 Å². The van der Waals surface area contributed by atoms with Crippen LogP contribution in [0.5, 0.6) is 0 Å². The highest BCUT2D eigenvalue weighted by Gasteiger charge is 2.48. The maximum absolute atomic E-state index is 13.6. The summed E-state index contributed by atoms with van der Waals surface area (Å²) in [6.07, 6.45) is 2.15. The standard InChI is InChI=1S/C27H31N5O3/c1-4-13-32-25(34)23-22(24(33)28-16-21-12-8-9-19(2)14-21)30-18-31(23)17-27(32,3)26(35)29-15-20-10-6-5-7-11-20/h5-12,14,18H,4,13,15-17H2,1-3H3,(H,28,33)(H,29,35)/t27-/m0/s1. The number of aryl methyl sites for hydroxylation is 1. The largest absolute Gasteiger partial charge is 0.350 e. The van der Waals surface area contributed by atoms with Crippen LogP contribution in [0.3, 0.4) is 0 Å². The van der Waals surface area contributed by atoms with Gasteiger partial charge in [0.15, 0.2) is 5.69 Å². The summed E-state index contributed by atoms with van der Waals surface area (Å²) in [5, 5.41) is 5.84. The molecular formula is C27H31N5O3. The summed E-state index contributed by atoms with van der Waals surface area (Å²) in [7, 11) is 0. The van der Waals surface area contributed by atoms with Crippen LogP contribution in [0.2, 0.25) is 0 Å². The molecule has 1 aromatic heterocycles. The summed E-state index contributed by atoms with van der Waals surface area (Å²) in [6, 6.07) is 17.5. The molecule has 2 N–H and O–H groups in total. The molecule has 0 fully saturated rings. The van der Waals surface area contributed by atoms with E-state index in [0.717, 1.165) is 16.7 Å². The molecule has 0 unspecified atom stereocenters. The topological polar surface area (TPSA) is 96.3 Å². The van der Waals surface area contributed by atoms with Crippen molar-refractivity contribution >= 4 is 17.7 Å². The monoisotopic (exact) mass is 473 g/mol. The predicted octanol–water partition coefficient (Wildman–Crippen LogP) is 3.06. The van der Waals surface area contributed by atoms with E-state index in [1.807, 2.05) is 68.4 Å². The van der Waals surface area contributed by atoms with Crippen LogP contribution in [0.15, 0.2) is 60.9 Å². The molecular weight excluding hydrogens is 442 g/mol. The summed E-state index contributed by atoms with van der Waals surface area (Å²) in [5.74, 6) is -1.02. The highest BCUT2D eigenvalue weighted by molar-refractivity contribution is 6.07. The van der Waals surface area contributed by atoms with E-state index in [9.17, 15) is 14.4 Å². The molecule has 182 valence electrons. The third kappa shape index (κ3) is 4.96. The van der Waals surface area contributed by atoms with E-state index in [1.54, 1.807) is 16.4 Å². The molecule has 2 heterocycles. The number of amides is 3. The van der Waals surface area contributed by atoms with Crippen molar-refractivity contribution in [2.24, 2.45) is 0 Å². The number of carbonyl (C=O) groups excluding carboxylic acids is 3. The number of nitrogens with zero attached hydrogens (tertiary/aromatic N) is 3. The van der Waals surface area contributed by atoms with Crippen molar-refractivity contribution < 1.29 is 14.4 Å². The van der Waals surface area contributed by atoms with Crippen LogP contribution in [0.4, 0.5) is 0 Å². The minimum atomic E-state index is -1.11. The number of carbonyl (C=O) groups is 3. The van der Waals surface area contributed by atoms with Crippen molar-refractivity contribution in [1.29, 1.82) is 0 Å². The normalized spacial score (nSPS) is 17.1. The van der Waals surface area contributed by atoms with Crippen molar-refractivity contribution in [2.45, 2.75) is 52.4 Å². The molecule has 0 saturated carbocycles. The van der Waals surface area contributed by atoms with Gasteiger partial charge in [0, 0.05) is 19.6 Å². The first-order valence-electron chi connectivity index (χ1n) is 11.9. The average Bonchev–Trinajstić information content (AvgIpc) is 3.28. The van der Waals surface area contributed by atoms with Gasteiger partial charge in [0.2, 0.25) is 5.91 Å². The Morgan fingerprint density at radius 2 is 1.74 bits per heavy atom. The number of hydrogen-bond acceptors (Lipinski definition) is 4. The molecule has 0 aliphatic carbocycles. The van der Waals surface area contributed by atoms with Gasteiger partial charge in [-0.15, -0.1) is 0 Å². The lowest BCUT2D eigenvalue weighted by Crippen LogP contribution is -2.64. The van der Waals surface area contributed by atoms with Crippen LogP contribution in [0.1, 0.15) is 57.9 Å². The number of rotatable bonds is 8. The summed E-state index contributed by atoms with van der Waals surface area (Å²) in [6.45, 7) is 7.02. The fraction of sp³-hybridized carbons (Fsp3) is 0.333. The van der Waals surface area contributed by atoms with Crippen molar-refractivity contribution in [3.63, 3.8) is 0 Å². The first-order chi connectivity index (χ1) is 16.8. The van der Waals surface area contributed by atoms with Crippen molar-refractivity contribution in [3.05, 3.63) is 89.0 Å². The second-order valence-corrected chi connectivity index (χ2v) is 9.14. The Kier molecular flexibility index (Phi) is 7.00. The summed E-state index contributed by atoms with van der Waals surface area (Å²) < 4.78 is 1.62. The van der Waals surface area contributed by atoms with Crippen molar-refractivity contribution in [1.82, 2.24) is 25.1 Å². The number of imidazole rings is 1. The van der Waals surface area contributed by atoms with Gasteiger partial charge in [-0.1, -0.05) is 67.1 Å². The molecule has 1 atom stereocenters. The van der Waals surface area contributed by atoms with Gasteiger partial charge in [-0.3, -0.25) is 14.4 Å². The van der Waals surface area contributed by atoms with E-state index in [-0.39, 0.29) is 29.7 Å². The highest BCUT2D eigenvalue weighted by atomic mass is 16.2. The number of fused-ring (bicyclic) bond motifs is 1. The van der Waals surface area contributed by atoms with Gasteiger partial charge < -0.3 is 20.1 Å². The molecule has 0 bridgehead atoms. The molecule has 1 aliphatic heterocycles. The van der Waals surface area contributed by atoms with Crippen LogP contribution < -0.4 is 10.6 Å². The van der Waals surface area contributed by atoms with Gasteiger partial charge >= 0.3 is 0 Å². The van der Waals surface area contributed by atoms with E-state index in [4.69, 9.17) is 0 Å². The Morgan fingerprint density at radius 3 is 2.46 bits per heavy atom. The lowest BCUT2D eigenvalue weighted by Gasteiger charge is -2.43. The molecule has 8 nitrogen and oxygen atoms in total. The third-order valence-electron chi connectivity index (χ3n) is 6.34. The van der Waals surface area contributed by atoms with Crippen LogP contribution >= 0.6 is 0 Å². The number of aromatic nitrogens is 2. The quantitative estimate of drug-likeness (QED) is 0.526. The number of benzene rings is 2. The van der Waals surface area contributed by atoms with Crippen LogP contribution in [0.25, 0.3) is 0 Å². The Balaban J connectivity index is 1.54. The molecule has 3 amide bonds. The zero-order valence-corrected chi connectivity index (χ0v) is 20.4. The van der Waals surface area contributed by atoms with Gasteiger partial charge in [-0.2, -0.15) is 0 Å². The van der Waals surface area contributed by atoms with Gasteiger partial charge in [-0.05, 0) is 31.4 Å². The number of hydrogen-bond donors (Lipinski definition) is 2. The van der Waals surface area contributed by atoms with E-state index in [0.29, 0.717) is 26.1 Å². The first-order valence-corrected chi connectivity index (χ1v) is 11.9. The minimum absolute atomic E-state index is 0.0792. The fourth-order valence-corrected chi connectivity index (χ4v) is 4.48. The summed E-state index contributed by atoms with van der Waals surface area (Å²) in [5.41, 5.74) is 2.23. The molecule has 3 aromatic rings. The Labute approximate surface area is 205 Å².